The van der Waals surface area contributed by atoms with Gasteiger partial charge in [0.2, 0.25) is 0 Å². The summed E-state index contributed by atoms with van der Waals surface area (Å²) in [4.78, 5) is 16.9. The minimum absolute atomic E-state index is 0.220. The van der Waals surface area contributed by atoms with E-state index in [9.17, 15) is 4.79 Å². The Balaban J connectivity index is 1.46. The molecule has 0 spiro atoms. The van der Waals surface area contributed by atoms with E-state index >= 15 is 0 Å². The fourth-order valence-corrected chi connectivity index (χ4v) is 3.50. The number of nitrogens with one attached hydrogen (secondary N) is 1. The summed E-state index contributed by atoms with van der Waals surface area (Å²) in [7, 11) is 1.55. The highest BCUT2D eigenvalue weighted by Gasteiger charge is 2.17. The topological polar surface area (TPSA) is 73.6 Å². The fraction of sp³-hybridized carbons (Fsp3) is 0.182. The number of benzene rings is 2. The molecule has 2 heterocycles. The number of rotatable bonds is 7. The summed E-state index contributed by atoms with van der Waals surface area (Å²) in [5.74, 6) is 1.53. The second-order valence-electron chi connectivity index (χ2n) is 6.52. The van der Waals surface area contributed by atoms with Gasteiger partial charge in [-0.15, -0.1) is 11.3 Å². The SMILES string of the molecule is COc1cc(C(=O)NC(C)c2cc3ccccc3o2)ccc1OCc1cscn1. The molecule has 0 saturated heterocycles. The van der Waals surface area contributed by atoms with Crippen LogP contribution in [0.5, 0.6) is 11.5 Å². The van der Waals surface area contributed by atoms with Crippen molar-refractivity contribution < 1.29 is 18.7 Å². The van der Waals surface area contributed by atoms with Crippen molar-refractivity contribution in [1.29, 1.82) is 0 Å². The van der Waals surface area contributed by atoms with E-state index in [1.807, 2.05) is 42.6 Å². The highest BCUT2D eigenvalue weighted by atomic mass is 32.1. The van der Waals surface area contributed by atoms with E-state index in [1.54, 1.807) is 30.8 Å². The Hall–Kier alpha value is -3.32. The number of ether oxygens (including phenoxy) is 2. The van der Waals surface area contributed by atoms with Crippen LogP contribution < -0.4 is 14.8 Å². The van der Waals surface area contributed by atoms with Gasteiger partial charge < -0.3 is 19.2 Å². The minimum atomic E-state index is -0.276. The molecule has 29 heavy (non-hydrogen) atoms. The van der Waals surface area contributed by atoms with E-state index < -0.39 is 0 Å². The number of furan rings is 1. The zero-order valence-electron chi connectivity index (χ0n) is 16.0. The molecule has 148 valence electrons. The summed E-state index contributed by atoms with van der Waals surface area (Å²) >= 11 is 1.51. The molecule has 0 fully saturated rings. The molecule has 2 aromatic heterocycles. The number of hydrogen-bond acceptors (Lipinski definition) is 6. The van der Waals surface area contributed by atoms with E-state index in [2.05, 4.69) is 10.3 Å². The van der Waals surface area contributed by atoms with E-state index in [1.165, 1.54) is 11.3 Å². The van der Waals surface area contributed by atoms with Gasteiger partial charge in [-0.05, 0) is 37.3 Å². The number of carbonyl (C=O) groups is 1. The quantitative estimate of drug-likeness (QED) is 0.467. The van der Waals surface area contributed by atoms with E-state index in [0.29, 0.717) is 29.4 Å². The zero-order chi connectivity index (χ0) is 20.2. The van der Waals surface area contributed by atoms with Crippen LogP contribution in [0.15, 0.2) is 63.8 Å². The van der Waals surface area contributed by atoms with Gasteiger partial charge in [0, 0.05) is 16.3 Å². The van der Waals surface area contributed by atoms with Gasteiger partial charge in [0.15, 0.2) is 11.5 Å². The Bertz CT molecular complexity index is 1090. The van der Waals surface area contributed by atoms with Crippen LogP contribution in [0.25, 0.3) is 11.0 Å². The van der Waals surface area contributed by atoms with Crippen LogP contribution in [-0.2, 0) is 6.61 Å². The third kappa shape index (κ3) is 4.25. The van der Waals surface area contributed by atoms with Gasteiger partial charge in [0.05, 0.1) is 24.4 Å². The van der Waals surface area contributed by atoms with Crippen LogP contribution in [0.3, 0.4) is 0 Å². The molecule has 0 bridgehead atoms. The van der Waals surface area contributed by atoms with Crippen molar-refractivity contribution in [3.05, 3.63) is 76.4 Å². The van der Waals surface area contributed by atoms with Gasteiger partial charge in [0.1, 0.15) is 18.0 Å². The van der Waals surface area contributed by atoms with Crippen LogP contribution in [0.1, 0.15) is 34.8 Å². The first-order chi connectivity index (χ1) is 14.1. The molecule has 4 rings (SSSR count). The highest BCUT2D eigenvalue weighted by molar-refractivity contribution is 7.07. The fourth-order valence-electron chi connectivity index (χ4n) is 2.96. The van der Waals surface area contributed by atoms with Crippen molar-refractivity contribution in [3.63, 3.8) is 0 Å². The van der Waals surface area contributed by atoms with Crippen molar-refractivity contribution in [2.24, 2.45) is 0 Å². The summed E-state index contributed by atoms with van der Waals surface area (Å²) in [5.41, 5.74) is 3.88. The van der Waals surface area contributed by atoms with Crippen molar-refractivity contribution >= 4 is 28.2 Å². The Labute approximate surface area is 172 Å². The average Bonchev–Trinajstić information content (AvgIpc) is 3.41. The molecule has 4 aromatic rings. The van der Waals surface area contributed by atoms with Crippen LogP contribution >= 0.6 is 11.3 Å². The molecular weight excluding hydrogens is 388 g/mol. The number of nitrogens with zero attached hydrogens (tertiary/aromatic N) is 1. The molecule has 0 aliphatic carbocycles. The Kier molecular flexibility index (Phi) is 5.48. The third-order valence-corrected chi connectivity index (χ3v) is 5.14. The van der Waals surface area contributed by atoms with E-state index in [-0.39, 0.29) is 11.9 Å². The van der Waals surface area contributed by atoms with E-state index in [0.717, 1.165) is 16.7 Å². The minimum Gasteiger partial charge on any atom is -0.493 e. The smallest absolute Gasteiger partial charge is 0.252 e. The van der Waals surface area contributed by atoms with E-state index in [4.69, 9.17) is 13.9 Å². The van der Waals surface area contributed by atoms with Gasteiger partial charge in [-0.2, -0.15) is 0 Å². The first kappa shape index (κ1) is 19.0. The molecule has 1 amide bonds. The lowest BCUT2D eigenvalue weighted by Crippen LogP contribution is -2.26. The van der Waals surface area contributed by atoms with Gasteiger partial charge in [-0.1, -0.05) is 18.2 Å². The number of fused-ring (bicyclic) bond motifs is 1. The molecule has 0 aliphatic heterocycles. The van der Waals surface area contributed by atoms with Crippen LogP contribution in [0, 0.1) is 0 Å². The van der Waals surface area contributed by atoms with Crippen LogP contribution in [0.4, 0.5) is 0 Å². The number of carbonyl (C=O) groups excluding carboxylic acids is 1. The molecule has 0 aliphatic rings. The molecule has 7 heteroatoms. The number of para-hydroxylation sites is 1. The predicted molar refractivity (Wildman–Crippen MR) is 112 cm³/mol. The standard InChI is InChI=1S/C22H20N2O4S/c1-14(20-9-15-5-3-4-6-18(15)28-20)24-22(25)16-7-8-19(21(10-16)26-2)27-11-17-12-29-13-23-17/h3-10,12-14H,11H2,1-2H3,(H,24,25). The molecule has 0 saturated carbocycles. The molecule has 2 aromatic carbocycles. The van der Waals surface area contributed by atoms with Gasteiger partial charge in [-0.3, -0.25) is 4.79 Å². The lowest BCUT2D eigenvalue weighted by atomic mass is 10.1. The number of amides is 1. The first-order valence-electron chi connectivity index (χ1n) is 9.11. The summed E-state index contributed by atoms with van der Waals surface area (Å²) in [6.45, 7) is 2.23. The normalized spacial score (nSPS) is 11.9. The van der Waals surface area contributed by atoms with Crippen molar-refractivity contribution in [2.45, 2.75) is 19.6 Å². The molecule has 1 N–H and O–H groups in total. The maximum atomic E-state index is 12.7. The summed E-state index contributed by atoms with van der Waals surface area (Å²) in [6.07, 6.45) is 0. The second-order valence-corrected chi connectivity index (χ2v) is 7.23. The lowest BCUT2D eigenvalue weighted by Gasteiger charge is -2.14. The van der Waals surface area contributed by atoms with Crippen molar-refractivity contribution in [1.82, 2.24) is 10.3 Å². The van der Waals surface area contributed by atoms with Gasteiger partial charge >= 0.3 is 0 Å². The molecule has 0 radical (unpaired) electrons. The lowest BCUT2D eigenvalue weighted by molar-refractivity contribution is 0.0935. The summed E-state index contributed by atoms with van der Waals surface area (Å²) in [5, 5.41) is 5.89. The third-order valence-electron chi connectivity index (χ3n) is 4.50. The monoisotopic (exact) mass is 408 g/mol. The van der Waals surface area contributed by atoms with Crippen LogP contribution in [0.2, 0.25) is 0 Å². The highest BCUT2D eigenvalue weighted by Crippen LogP contribution is 2.29. The van der Waals surface area contributed by atoms with Gasteiger partial charge in [-0.25, -0.2) is 4.98 Å². The summed E-state index contributed by atoms with van der Waals surface area (Å²) in [6, 6.07) is 14.5. The molecular formula is C22H20N2O4S. The Morgan fingerprint density at radius 1 is 1.21 bits per heavy atom. The summed E-state index contributed by atoms with van der Waals surface area (Å²) < 4.78 is 17.0. The maximum absolute atomic E-state index is 12.7. The predicted octanol–water partition coefficient (Wildman–Crippen LogP) is 4.97. The van der Waals surface area contributed by atoms with Crippen molar-refractivity contribution in [2.75, 3.05) is 7.11 Å². The Morgan fingerprint density at radius 3 is 2.83 bits per heavy atom. The largest absolute Gasteiger partial charge is 0.493 e. The molecule has 6 nitrogen and oxygen atoms in total. The number of aromatic nitrogens is 1. The van der Waals surface area contributed by atoms with Gasteiger partial charge in [0.25, 0.3) is 5.91 Å². The molecule has 1 unspecified atom stereocenters. The number of thiazole rings is 1. The number of hydrogen-bond donors (Lipinski definition) is 1. The second kappa shape index (κ2) is 8.36. The zero-order valence-corrected chi connectivity index (χ0v) is 16.9. The number of methoxy groups -OCH3 is 1. The molecule has 1 atom stereocenters. The Morgan fingerprint density at radius 2 is 2.07 bits per heavy atom. The maximum Gasteiger partial charge on any atom is 0.252 e. The average molecular weight is 408 g/mol. The van der Waals surface area contributed by atoms with Crippen molar-refractivity contribution in [3.8, 4) is 11.5 Å². The van der Waals surface area contributed by atoms with Crippen LogP contribution in [-0.4, -0.2) is 18.0 Å². The first-order valence-corrected chi connectivity index (χ1v) is 10.1.